The zero-order valence-corrected chi connectivity index (χ0v) is 13.0. The van der Waals surface area contributed by atoms with E-state index in [0.717, 1.165) is 0 Å². The molecule has 1 saturated heterocycles. The van der Waals surface area contributed by atoms with Crippen LogP contribution in [-0.4, -0.2) is 36.7 Å². The van der Waals surface area contributed by atoms with E-state index in [9.17, 15) is 9.59 Å². The Morgan fingerprint density at radius 2 is 2.05 bits per heavy atom. The Kier molecular flexibility index (Phi) is 4.97. The van der Waals surface area contributed by atoms with Gasteiger partial charge in [0.15, 0.2) is 0 Å². The van der Waals surface area contributed by atoms with Crippen LogP contribution in [0, 0.1) is 5.41 Å². The molecule has 6 nitrogen and oxygen atoms in total. The molecule has 1 aliphatic rings. The average molecular weight is 357 g/mol. The number of aromatic carboxylic acids is 1. The largest absolute Gasteiger partial charge is 0.478 e. The molecule has 1 aliphatic heterocycles. The van der Waals surface area contributed by atoms with Gasteiger partial charge in [0, 0.05) is 29.9 Å². The van der Waals surface area contributed by atoms with Crippen LogP contribution >= 0.6 is 15.9 Å². The SMILES string of the molecule is NCC1(C(=O)Nc2ccc(Br)c(C(=O)O)c2)CCOCC1. The molecule has 0 aliphatic carbocycles. The fourth-order valence-corrected chi connectivity index (χ4v) is 2.73. The van der Waals surface area contributed by atoms with Crippen molar-refractivity contribution in [3.05, 3.63) is 28.2 Å². The van der Waals surface area contributed by atoms with E-state index in [0.29, 0.717) is 36.2 Å². The van der Waals surface area contributed by atoms with Gasteiger partial charge in [0.25, 0.3) is 0 Å². The third kappa shape index (κ3) is 3.42. The summed E-state index contributed by atoms with van der Waals surface area (Å²) in [6.07, 6.45) is 1.13. The zero-order valence-electron chi connectivity index (χ0n) is 11.4. The van der Waals surface area contributed by atoms with Crippen molar-refractivity contribution in [1.29, 1.82) is 0 Å². The number of benzene rings is 1. The van der Waals surface area contributed by atoms with E-state index in [1.807, 2.05) is 0 Å². The number of carbonyl (C=O) groups is 2. The topological polar surface area (TPSA) is 102 Å². The number of anilines is 1. The van der Waals surface area contributed by atoms with E-state index < -0.39 is 11.4 Å². The smallest absolute Gasteiger partial charge is 0.336 e. The van der Waals surface area contributed by atoms with E-state index >= 15 is 0 Å². The van der Waals surface area contributed by atoms with Crippen molar-refractivity contribution < 1.29 is 19.4 Å². The van der Waals surface area contributed by atoms with E-state index in [1.54, 1.807) is 12.1 Å². The highest BCUT2D eigenvalue weighted by molar-refractivity contribution is 9.10. The predicted molar refractivity (Wildman–Crippen MR) is 81.3 cm³/mol. The van der Waals surface area contributed by atoms with Crippen molar-refractivity contribution in [2.75, 3.05) is 25.1 Å². The maximum atomic E-state index is 12.5. The molecule has 0 bridgehead atoms. The van der Waals surface area contributed by atoms with Gasteiger partial charge in [-0.25, -0.2) is 4.79 Å². The molecular weight excluding hydrogens is 340 g/mol. The number of amides is 1. The maximum absolute atomic E-state index is 12.5. The second-order valence-electron chi connectivity index (χ2n) is 5.05. The Bertz CT molecular complexity index is 556. The summed E-state index contributed by atoms with van der Waals surface area (Å²) in [5.41, 5.74) is 5.68. The second kappa shape index (κ2) is 6.55. The molecule has 0 atom stereocenters. The highest BCUT2D eigenvalue weighted by Crippen LogP contribution is 2.31. The van der Waals surface area contributed by atoms with Crippen molar-refractivity contribution in [2.45, 2.75) is 12.8 Å². The predicted octanol–water partition coefficient (Wildman–Crippen LogP) is 1.84. The Hall–Kier alpha value is -1.44. The van der Waals surface area contributed by atoms with Gasteiger partial charge in [-0.05, 0) is 47.0 Å². The van der Waals surface area contributed by atoms with Gasteiger partial charge in [-0.1, -0.05) is 0 Å². The van der Waals surface area contributed by atoms with Gasteiger partial charge in [0.2, 0.25) is 5.91 Å². The monoisotopic (exact) mass is 356 g/mol. The molecule has 1 aromatic rings. The van der Waals surface area contributed by atoms with Crippen LogP contribution in [0.4, 0.5) is 5.69 Å². The van der Waals surface area contributed by atoms with Crippen molar-refractivity contribution in [3.63, 3.8) is 0 Å². The van der Waals surface area contributed by atoms with Gasteiger partial charge >= 0.3 is 5.97 Å². The summed E-state index contributed by atoms with van der Waals surface area (Å²) in [6, 6.07) is 4.67. The van der Waals surface area contributed by atoms with E-state index in [2.05, 4.69) is 21.2 Å². The molecule has 1 heterocycles. The van der Waals surface area contributed by atoms with Gasteiger partial charge in [-0.15, -0.1) is 0 Å². The van der Waals surface area contributed by atoms with Gasteiger partial charge in [-0.3, -0.25) is 4.79 Å². The van der Waals surface area contributed by atoms with Crippen molar-refractivity contribution in [2.24, 2.45) is 11.1 Å². The molecule has 1 fully saturated rings. The molecule has 2 rings (SSSR count). The van der Waals surface area contributed by atoms with Crippen LogP contribution in [-0.2, 0) is 9.53 Å². The Morgan fingerprint density at radius 3 is 2.62 bits per heavy atom. The average Bonchev–Trinajstić information content (AvgIpc) is 2.49. The van der Waals surface area contributed by atoms with Crippen LogP contribution in [0.1, 0.15) is 23.2 Å². The molecule has 1 amide bonds. The second-order valence-corrected chi connectivity index (χ2v) is 5.91. The number of ether oxygens (including phenoxy) is 1. The van der Waals surface area contributed by atoms with Crippen molar-refractivity contribution in [3.8, 4) is 0 Å². The molecular formula is C14H17BrN2O4. The van der Waals surface area contributed by atoms with Crippen molar-refractivity contribution in [1.82, 2.24) is 0 Å². The third-order valence-corrected chi connectivity index (χ3v) is 4.47. The van der Waals surface area contributed by atoms with Gasteiger partial charge < -0.3 is 20.9 Å². The number of carboxylic acid groups (broad SMARTS) is 1. The van der Waals surface area contributed by atoms with E-state index in [4.69, 9.17) is 15.6 Å². The molecule has 0 aromatic heterocycles. The molecule has 4 N–H and O–H groups in total. The van der Waals surface area contributed by atoms with Crippen LogP contribution in [0.5, 0.6) is 0 Å². The van der Waals surface area contributed by atoms with Gasteiger partial charge in [0.05, 0.1) is 11.0 Å². The Labute approximate surface area is 130 Å². The van der Waals surface area contributed by atoms with E-state index in [1.165, 1.54) is 6.07 Å². The lowest BCUT2D eigenvalue weighted by Gasteiger charge is -2.34. The standard InChI is InChI=1S/C14H17BrN2O4/c15-11-2-1-9(7-10(11)12(18)19)17-13(20)14(8-16)3-5-21-6-4-14/h1-2,7H,3-6,8,16H2,(H,17,20)(H,18,19). The number of hydrogen-bond donors (Lipinski definition) is 3. The Morgan fingerprint density at radius 1 is 1.38 bits per heavy atom. The lowest BCUT2D eigenvalue weighted by atomic mass is 9.79. The molecule has 0 radical (unpaired) electrons. The van der Waals surface area contributed by atoms with Crippen LogP contribution in [0.2, 0.25) is 0 Å². The van der Waals surface area contributed by atoms with Crippen LogP contribution < -0.4 is 11.1 Å². The first-order valence-electron chi connectivity index (χ1n) is 6.61. The highest BCUT2D eigenvalue weighted by Gasteiger charge is 2.38. The summed E-state index contributed by atoms with van der Waals surface area (Å²) < 4.78 is 5.74. The normalized spacial score (nSPS) is 17.2. The summed E-state index contributed by atoms with van der Waals surface area (Å²) in [5, 5.41) is 11.9. The van der Waals surface area contributed by atoms with Crippen LogP contribution in [0.3, 0.4) is 0 Å². The first-order valence-corrected chi connectivity index (χ1v) is 7.40. The Balaban J connectivity index is 2.19. The van der Waals surface area contributed by atoms with Crippen molar-refractivity contribution >= 4 is 33.5 Å². The maximum Gasteiger partial charge on any atom is 0.336 e. The minimum Gasteiger partial charge on any atom is -0.478 e. The molecule has 1 aromatic carbocycles. The summed E-state index contributed by atoms with van der Waals surface area (Å²) >= 11 is 3.17. The summed E-state index contributed by atoms with van der Waals surface area (Å²) in [5.74, 6) is -1.25. The minimum atomic E-state index is -1.06. The molecule has 7 heteroatoms. The number of carbonyl (C=O) groups excluding carboxylic acids is 1. The summed E-state index contributed by atoms with van der Waals surface area (Å²) in [6.45, 7) is 1.25. The molecule has 0 saturated carbocycles. The first-order chi connectivity index (χ1) is 9.98. The van der Waals surface area contributed by atoms with Gasteiger partial charge in [0.1, 0.15) is 0 Å². The molecule has 21 heavy (non-hydrogen) atoms. The molecule has 0 unspecified atom stereocenters. The lowest BCUT2D eigenvalue weighted by molar-refractivity contribution is -0.130. The third-order valence-electron chi connectivity index (χ3n) is 3.78. The number of halogens is 1. The summed E-state index contributed by atoms with van der Waals surface area (Å²) in [7, 11) is 0. The lowest BCUT2D eigenvalue weighted by Crippen LogP contribution is -2.46. The fourth-order valence-electron chi connectivity index (χ4n) is 2.32. The van der Waals surface area contributed by atoms with Crippen LogP contribution in [0.15, 0.2) is 22.7 Å². The minimum absolute atomic E-state index is 0.0987. The highest BCUT2D eigenvalue weighted by atomic mass is 79.9. The first kappa shape index (κ1) is 15.9. The number of carboxylic acids is 1. The summed E-state index contributed by atoms with van der Waals surface area (Å²) in [4.78, 5) is 23.6. The number of nitrogens with two attached hydrogens (primary N) is 1. The van der Waals surface area contributed by atoms with Gasteiger partial charge in [-0.2, -0.15) is 0 Å². The number of rotatable bonds is 4. The fraction of sp³-hybridized carbons (Fsp3) is 0.429. The van der Waals surface area contributed by atoms with E-state index in [-0.39, 0.29) is 18.0 Å². The molecule has 0 spiro atoms. The quantitative estimate of drug-likeness (QED) is 0.763. The number of nitrogens with one attached hydrogen (secondary N) is 1. The number of hydrogen-bond acceptors (Lipinski definition) is 4. The zero-order chi connectivity index (χ0) is 15.5. The molecule has 114 valence electrons. The van der Waals surface area contributed by atoms with Crippen LogP contribution in [0.25, 0.3) is 0 Å².